The molecule has 2 aromatic rings. The molecule has 9 heteroatoms. The standard InChI is InChI=1S/C27H36N4O5/c1-2-31-24-22(8-5-17-35-18-7-14-28-25(24)32)23(29-31)9-6-19-36-27(34)21-12-10-20(11-13-21)26(33)30-15-3-4-16-30/h10-13H,2-9,14-19H2,1H3,(H,28,32). The number of nitrogens with zero attached hydrogens (tertiary/aromatic N) is 3. The normalized spacial score (nSPS) is 16.7. The molecule has 0 radical (unpaired) electrons. The zero-order valence-electron chi connectivity index (χ0n) is 21.1. The lowest BCUT2D eigenvalue weighted by Crippen LogP contribution is -2.28. The summed E-state index contributed by atoms with van der Waals surface area (Å²) in [6, 6.07) is 6.67. The average molecular weight is 497 g/mol. The van der Waals surface area contributed by atoms with Crippen molar-refractivity contribution >= 4 is 17.8 Å². The Morgan fingerprint density at radius 2 is 1.78 bits per heavy atom. The fourth-order valence-corrected chi connectivity index (χ4v) is 4.75. The maximum atomic E-state index is 12.8. The van der Waals surface area contributed by atoms with Crippen LogP contribution in [0.15, 0.2) is 24.3 Å². The molecule has 0 atom stereocenters. The summed E-state index contributed by atoms with van der Waals surface area (Å²) in [5.74, 6) is -0.494. The number of carbonyl (C=O) groups is 3. The highest BCUT2D eigenvalue weighted by Crippen LogP contribution is 2.20. The van der Waals surface area contributed by atoms with Gasteiger partial charge in [-0.15, -0.1) is 0 Å². The van der Waals surface area contributed by atoms with Gasteiger partial charge in [-0.3, -0.25) is 14.3 Å². The third-order valence-electron chi connectivity index (χ3n) is 6.67. The number of aryl methyl sites for hydroxylation is 2. The number of benzene rings is 1. The molecule has 9 nitrogen and oxygen atoms in total. The summed E-state index contributed by atoms with van der Waals surface area (Å²) < 4.78 is 12.9. The molecule has 194 valence electrons. The van der Waals surface area contributed by atoms with Gasteiger partial charge in [0, 0.05) is 50.5 Å². The summed E-state index contributed by atoms with van der Waals surface area (Å²) >= 11 is 0. The monoisotopic (exact) mass is 496 g/mol. The molecular formula is C27H36N4O5. The number of hydrogen-bond donors (Lipinski definition) is 1. The first-order valence-electron chi connectivity index (χ1n) is 13.1. The van der Waals surface area contributed by atoms with Crippen LogP contribution in [-0.4, -0.2) is 71.9 Å². The van der Waals surface area contributed by atoms with Crippen LogP contribution < -0.4 is 5.32 Å². The zero-order chi connectivity index (χ0) is 25.3. The quantitative estimate of drug-likeness (QED) is 0.467. The van der Waals surface area contributed by atoms with Crippen LogP contribution in [0.5, 0.6) is 0 Å². The van der Waals surface area contributed by atoms with Gasteiger partial charge in [-0.2, -0.15) is 5.10 Å². The molecule has 4 rings (SSSR count). The Bertz CT molecular complexity index is 1060. The zero-order valence-corrected chi connectivity index (χ0v) is 21.1. The van der Waals surface area contributed by atoms with Crippen LogP contribution in [0, 0.1) is 0 Å². The molecule has 0 bridgehead atoms. The van der Waals surface area contributed by atoms with Gasteiger partial charge in [-0.1, -0.05) is 0 Å². The molecule has 3 heterocycles. The Balaban J connectivity index is 1.33. The van der Waals surface area contributed by atoms with Crippen molar-refractivity contribution in [3.8, 4) is 0 Å². The highest BCUT2D eigenvalue weighted by Gasteiger charge is 2.23. The molecule has 2 aliphatic heterocycles. The number of amides is 2. The smallest absolute Gasteiger partial charge is 0.338 e. The summed E-state index contributed by atoms with van der Waals surface area (Å²) in [6.45, 7) is 6.29. The predicted octanol–water partition coefficient (Wildman–Crippen LogP) is 3.01. The van der Waals surface area contributed by atoms with Gasteiger partial charge in [0.2, 0.25) is 0 Å². The number of ether oxygens (including phenoxy) is 2. The van der Waals surface area contributed by atoms with E-state index in [-0.39, 0.29) is 18.4 Å². The first kappa shape index (κ1) is 25.9. The fraction of sp³-hybridized carbons (Fsp3) is 0.556. The van der Waals surface area contributed by atoms with Crippen molar-refractivity contribution in [2.24, 2.45) is 0 Å². The van der Waals surface area contributed by atoms with Crippen LogP contribution in [0.4, 0.5) is 0 Å². The molecule has 1 aromatic carbocycles. The van der Waals surface area contributed by atoms with E-state index < -0.39 is 5.97 Å². The van der Waals surface area contributed by atoms with Gasteiger partial charge >= 0.3 is 5.97 Å². The SMILES string of the molecule is CCn1nc(CCCOC(=O)c2ccc(C(=O)N3CCCC3)cc2)c2c1C(=O)NCCCOCCC2. The second kappa shape index (κ2) is 12.7. The van der Waals surface area contributed by atoms with Gasteiger partial charge in [0.25, 0.3) is 11.8 Å². The second-order valence-electron chi connectivity index (χ2n) is 9.23. The van der Waals surface area contributed by atoms with Gasteiger partial charge in [0.05, 0.1) is 17.9 Å². The van der Waals surface area contributed by atoms with Crippen molar-refractivity contribution in [2.75, 3.05) is 39.5 Å². The number of carbonyl (C=O) groups excluding carboxylic acids is 3. The van der Waals surface area contributed by atoms with Crippen LogP contribution in [0.1, 0.15) is 81.5 Å². The number of nitrogens with one attached hydrogen (secondary N) is 1. The summed E-state index contributed by atoms with van der Waals surface area (Å²) in [6.07, 6.45) is 5.63. The number of esters is 1. The summed E-state index contributed by atoms with van der Waals surface area (Å²) in [5, 5.41) is 7.68. The Kier molecular flexibility index (Phi) is 9.11. The van der Waals surface area contributed by atoms with E-state index >= 15 is 0 Å². The van der Waals surface area contributed by atoms with Crippen molar-refractivity contribution in [1.82, 2.24) is 20.0 Å². The Morgan fingerprint density at radius 3 is 2.53 bits per heavy atom. The molecule has 0 spiro atoms. The van der Waals surface area contributed by atoms with Crippen LogP contribution in [0.2, 0.25) is 0 Å². The minimum atomic E-state index is -0.412. The highest BCUT2D eigenvalue weighted by molar-refractivity contribution is 5.96. The number of hydrogen-bond acceptors (Lipinski definition) is 6. The van der Waals surface area contributed by atoms with Gasteiger partial charge in [-0.05, 0) is 76.1 Å². The first-order chi connectivity index (χ1) is 17.6. The lowest BCUT2D eigenvalue weighted by Gasteiger charge is -2.15. The Morgan fingerprint density at radius 1 is 1.06 bits per heavy atom. The number of likely N-dealkylation sites (tertiary alicyclic amines) is 1. The van der Waals surface area contributed by atoms with Gasteiger partial charge < -0.3 is 19.7 Å². The minimum absolute atomic E-state index is 0.0101. The fourth-order valence-electron chi connectivity index (χ4n) is 4.75. The van der Waals surface area contributed by atoms with Crippen LogP contribution in [-0.2, 0) is 28.9 Å². The maximum Gasteiger partial charge on any atom is 0.338 e. The molecule has 0 unspecified atom stereocenters. The van der Waals surface area contributed by atoms with E-state index in [9.17, 15) is 14.4 Å². The Hall–Kier alpha value is -3.20. The van der Waals surface area contributed by atoms with E-state index in [0.29, 0.717) is 56.0 Å². The molecule has 2 amide bonds. The second-order valence-corrected chi connectivity index (χ2v) is 9.23. The van der Waals surface area contributed by atoms with Crippen LogP contribution in [0.3, 0.4) is 0 Å². The van der Waals surface area contributed by atoms with E-state index in [1.807, 2.05) is 11.8 Å². The van der Waals surface area contributed by atoms with Crippen molar-refractivity contribution < 1.29 is 23.9 Å². The third kappa shape index (κ3) is 6.32. The summed E-state index contributed by atoms with van der Waals surface area (Å²) in [5.41, 5.74) is 3.49. The number of aromatic nitrogens is 2. The van der Waals surface area contributed by atoms with E-state index in [1.54, 1.807) is 28.9 Å². The topological polar surface area (TPSA) is 103 Å². The van der Waals surface area contributed by atoms with E-state index in [0.717, 1.165) is 56.5 Å². The van der Waals surface area contributed by atoms with Crippen LogP contribution >= 0.6 is 0 Å². The molecular weight excluding hydrogens is 460 g/mol. The first-order valence-corrected chi connectivity index (χ1v) is 13.1. The van der Waals surface area contributed by atoms with Crippen molar-refractivity contribution in [3.63, 3.8) is 0 Å². The summed E-state index contributed by atoms with van der Waals surface area (Å²) in [7, 11) is 0. The largest absolute Gasteiger partial charge is 0.462 e. The number of rotatable bonds is 7. The van der Waals surface area contributed by atoms with Crippen LogP contribution in [0.25, 0.3) is 0 Å². The molecule has 0 saturated carbocycles. The Labute approximate surface area is 212 Å². The maximum absolute atomic E-state index is 12.8. The lowest BCUT2D eigenvalue weighted by atomic mass is 10.0. The van der Waals surface area contributed by atoms with E-state index in [2.05, 4.69) is 5.32 Å². The summed E-state index contributed by atoms with van der Waals surface area (Å²) in [4.78, 5) is 39.7. The van der Waals surface area contributed by atoms with E-state index in [1.165, 1.54) is 0 Å². The lowest BCUT2D eigenvalue weighted by molar-refractivity contribution is 0.0499. The van der Waals surface area contributed by atoms with Gasteiger partial charge in [0.15, 0.2) is 0 Å². The third-order valence-corrected chi connectivity index (χ3v) is 6.67. The van der Waals surface area contributed by atoms with Gasteiger partial charge in [-0.25, -0.2) is 4.79 Å². The molecule has 1 saturated heterocycles. The molecule has 0 aliphatic carbocycles. The molecule has 1 fully saturated rings. The van der Waals surface area contributed by atoms with E-state index in [4.69, 9.17) is 14.6 Å². The number of fused-ring (bicyclic) bond motifs is 1. The van der Waals surface area contributed by atoms with Crippen molar-refractivity contribution in [1.29, 1.82) is 0 Å². The average Bonchev–Trinajstić information content (AvgIpc) is 3.55. The molecule has 1 aromatic heterocycles. The van der Waals surface area contributed by atoms with Gasteiger partial charge in [0.1, 0.15) is 5.69 Å². The minimum Gasteiger partial charge on any atom is -0.462 e. The molecule has 1 N–H and O–H groups in total. The molecule has 2 aliphatic rings. The predicted molar refractivity (Wildman–Crippen MR) is 134 cm³/mol. The van der Waals surface area contributed by atoms with Crippen molar-refractivity contribution in [2.45, 2.75) is 58.4 Å². The highest BCUT2D eigenvalue weighted by atomic mass is 16.5. The van der Waals surface area contributed by atoms with Crippen molar-refractivity contribution in [3.05, 3.63) is 52.3 Å². The molecule has 36 heavy (non-hydrogen) atoms.